The molecule has 0 saturated heterocycles. The number of anilines is 1. The molecule has 32 heavy (non-hydrogen) atoms. The highest BCUT2D eigenvalue weighted by atomic mass is 32.2. The van der Waals surface area contributed by atoms with Crippen LogP contribution in [0.2, 0.25) is 0 Å². The van der Waals surface area contributed by atoms with E-state index in [-0.39, 0.29) is 22.7 Å². The smallest absolute Gasteiger partial charge is 0.422 e. The maximum Gasteiger partial charge on any atom is 0.573 e. The highest BCUT2D eigenvalue weighted by molar-refractivity contribution is 8.16. The SMILES string of the molecule is O=C(C[C@H]1SC(c2cc3ccccc3oc2=O)=NC1=O)Nc1ccc(OC(F)(F)F)cc1. The number of thioether (sulfide) groups is 1. The van der Waals surface area contributed by atoms with E-state index in [9.17, 15) is 27.6 Å². The van der Waals surface area contributed by atoms with Crippen LogP contribution in [0, 0.1) is 0 Å². The molecule has 2 heterocycles. The maximum atomic E-state index is 12.3. The van der Waals surface area contributed by atoms with E-state index in [0.717, 1.165) is 23.9 Å². The lowest BCUT2D eigenvalue weighted by molar-refractivity contribution is -0.274. The molecule has 2 amide bonds. The average Bonchev–Trinajstić information content (AvgIpc) is 3.07. The van der Waals surface area contributed by atoms with Crippen molar-refractivity contribution in [3.05, 3.63) is 70.6 Å². The van der Waals surface area contributed by atoms with Gasteiger partial charge < -0.3 is 14.5 Å². The third-order valence-electron chi connectivity index (χ3n) is 4.36. The van der Waals surface area contributed by atoms with Gasteiger partial charge in [-0.05, 0) is 36.4 Å². The van der Waals surface area contributed by atoms with Gasteiger partial charge in [0.05, 0.1) is 5.56 Å². The summed E-state index contributed by atoms with van der Waals surface area (Å²) in [5, 5.41) is 2.48. The highest BCUT2D eigenvalue weighted by Gasteiger charge is 2.33. The number of carbonyl (C=O) groups is 2. The molecular weight excluding hydrogens is 449 g/mol. The van der Waals surface area contributed by atoms with Gasteiger partial charge in [0.15, 0.2) is 0 Å². The Kier molecular flexibility index (Phi) is 5.74. The molecule has 0 saturated carbocycles. The number of para-hydroxylation sites is 1. The third kappa shape index (κ3) is 4.99. The van der Waals surface area contributed by atoms with Gasteiger partial charge in [-0.3, -0.25) is 9.59 Å². The van der Waals surface area contributed by atoms with Crippen molar-refractivity contribution in [2.45, 2.75) is 18.0 Å². The zero-order valence-electron chi connectivity index (χ0n) is 16.0. The van der Waals surface area contributed by atoms with E-state index in [1.807, 2.05) is 0 Å². The Balaban J connectivity index is 1.40. The molecule has 164 valence electrons. The lowest BCUT2D eigenvalue weighted by Crippen LogP contribution is -2.21. The summed E-state index contributed by atoms with van der Waals surface area (Å²) >= 11 is 0.977. The first-order valence-electron chi connectivity index (χ1n) is 9.16. The molecule has 0 aliphatic carbocycles. The second kappa shape index (κ2) is 8.50. The summed E-state index contributed by atoms with van der Waals surface area (Å²) in [7, 11) is 0. The molecule has 7 nitrogen and oxygen atoms in total. The molecule has 0 radical (unpaired) electrons. The quantitative estimate of drug-likeness (QED) is 0.573. The number of nitrogens with zero attached hydrogens (tertiary/aromatic N) is 1. The largest absolute Gasteiger partial charge is 0.573 e. The Morgan fingerprint density at radius 1 is 1.12 bits per heavy atom. The molecule has 1 atom stereocenters. The predicted molar refractivity (Wildman–Crippen MR) is 112 cm³/mol. The van der Waals surface area contributed by atoms with E-state index >= 15 is 0 Å². The first-order chi connectivity index (χ1) is 15.2. The van der Waals surface area contributed by atoms with Gasteiger partial charge in [-0.15, -0.1) is 13.2 Å². The summed E-state index contributed by atoms with van der Waals surface area (Å²) in [6.45, 7) is 0. The number of aliphatic imine (C=N–C) groups is 1. The average molecular weight is 462 g/mol. The molecular formula is C21H13F3N2O5S. The van der Waals surface area contributed by atoms with Gasteiger partial charge in [0, 0.05) is 17.5 Å². The number of halogens is 3. The summed E-state index contributed by atoms with van der Waals surface area (Å²) in [5.41, 5.74) is 0.120. The number of ether oxygens (including phenoxy) is 1. The topological polar surface area (TPSA) is 98.0 Å². The molecule has 0 bridgehead atoms. The fraction of sp³-hybridized carbons (Fsp3) is 0.143. The van der Waals surface area contributed by atoms with Crippen LogP contribution in [0.5, 0.6) is 5.75 Å². The summed E-state index contributed by atoms with van der Waals surface area (Å²) in [6.07, 6.45) is -5.05. The highest BCUT2D eigenvalue weighted by Crippen LogP contribution is 2.30. The molecule has 0 spiro atoms. The van der Waals surface area contributed by atoms with Crippen molar-refractivity contribution >= 4 is 45.3 Å². The van der Waals surface area contributed by atoms with Gasteiger partial charge >= 0.3 is 12.0 Å². The van der Waals surface area contributed by atoms with Gasteiger partial charge in [-0.1, -0.05) is 30.0 Å². The van der Waals surface area contributed by atoms with Gasteiger partial charge in [-0.2, -0.15) is 0 Å². The molecule has 1 aliphatic rings. The molecule has 3 aromatic rings. The van der Waals surface area contributed by atoms with Crippen molar-refractivity contribution in [1.29, 1.82) is 0 Å². The fourth-order valence-corrected chi connectivity index (χ4v) is 4.04. The number of rotatable bonds is 5. The van der Waals surface area contributed by atoms with Gasteiger partial charge in [0.25, 0.3) is 5.91 Å². The van der Waals surface area contributed by atoms with Crippen LogP contribution in [0.1, 0.15) is 12.0 Å². The first kappa shape index (κ1) is 21.6. The van der Waals surface area contributed by atoms with Gasteiger partial charge in [0.1, 0.15) is 21.6 Å². The van der Waals surface area contributed by atoms with Crippen molar-refractivity contribution in [1.82, 2.24) is 0 Å². The number of fused-ring (bicyclic) bond motifs is 1. The van der Waals surface area contributed by atoms with Crippen LogP contribution >= 0.6 is 11.8 Å². The van der Waals surface area contributed by atoms with E-state index in [2.05, 4.69) is 15.0 Å². The van der Waals surface area contributed by atoms with E-state index in [4.69, 9.17) is 4.42 Å². The lowest BCUT2D eigenvalue weighted by atomic mass is 10.2. The Morgan fingerprint density at radius 3 is 2.56 bits per heavy atom. The van der Waals surface area contributed by atoms with Crippen LogP contribution in [0.4, 0.5) is 18.9 Å². The number of alkyl halides is 3. The van der Waals surface area contributed by atoms with Crippen LogP contribution in [0.3, 0.4) is 0 Å². The molecule has 11 heteroatoms. The summed E-state index contributed by atoms with van der Waals surface area (Å²) in [6, 6.07) is 13.1. The van der Waals surface area contributed by atoms with Crippen molar-refractivity contribution < 1.29 is 31.9 Å². The van der Waals surface area contributed by atoms with Crippen molar-refractivity contribution in [2.75, 3.05) is 5.32 Å². The molecule has 0 fully saturated rings. The Bertz CT molecular complexity index is 1290. The summed E-state index contributed by atoms with van der Waals surface area (Å²) < 4.78 is 45.6. The number of amides is 2. The number of benzene rings is 2. The van der Waals surface area contributed by atoms with Crippen LogP contribution in [-0.2, 0) is 9.59 Å². The van der Waals surface area contributed by atoms with Crippen LogP contribution in [0.15, 0.2) is 68.8 Å². The Hall–Kier alpha value is -3.60. The summed E-state index contributed by atoms with van der Waals surface area (Å²) in [5.74, 6) is -1.53. The van der Waals surface area contributed by atoms with E-state index < -0.39 is 34.8 Å². The standard InChI is InChI=1S/C21H13F3N2O5S/c22-21(23,24)31-13-7-5-12(6-8-13)25-17(27)10-16-18(28)26-19(32-16)14-9-11-3-1-2-4-15(11)30-20(14)29/h1-9,16H,10H2,(H,25,27)/t16-/m1/s1. The number of nitrogens with one attached hydrogen (secondary N) is 1. The zero-order valence-corrected chi connectivity index (χ0v) is 16.8. The molecule has 1 aromatic heterocycles. The van der Waals surface area contributed by atoms with Crippen molar-refractivity contribution in [2.24, 2.45) is 4.99 Å². The van der Waals surface area contributed by atoms with E-state index in [1.54, 1.807) is 30.3 Å². The lowest BCUT2D eigenvalue weighted by Gasteiger charge is -2.11. The number of hydrogen-bond acceptors (Lipinski definition) is 6. The predicted octanol–water partition coefficient (Wildman–Crippen LogP) is 4.11. The molecule has 0 unspecified atom stereocenters. The van der Waals surface area contributed by atoms with E-state index in [1.165, 1.54) is 12.1 Å². The second-order valence-corrected chi connectivity index (χ2v) is 7.86. The van der Waals surface area contributed by atoms with Crippen LogP contribution < -0.4 is 15.7 Å². The monoisotopic (exact) mass is 462 g/mol. The molecule has 1 N–H and O–H groups in total. The minimum atomic E-state index is -4.81. The van der Waals surface area contributed by atoms with Gasteiger partial charge in [-0.25, -0.2) is 9.79 Å². The number of hydrogen-bond donors (Lipinski definition) is 1. The van der Waals surface area contributed by atoms with E-state index in [0.29, 0.717) is 11.0 Å². The molecule has 1 aliphatic heterocycles. The van der Waals surface area contributed by atoms with Crippen molar-refractivity contribution in [3.8, 4) is 5.75 Å². The normalized spacial score (nSPS) is 16.2. The van der Waals surface area contributed by atoms with Crippen LogP contribution in [0.25, 0.3) is 11.0 Å². The minimum Gasteiger partial charge on any atom is -0.422 e. The van der Waals surface area contributed by atoms with Crippen LogP contribution in [-0.4, -0.2) is 28.5 Å². The molecule has 4 rings (SSSR count). The Morgan fingerprint density at radius 2 is 1.84 bits per heavy atom. The zero-order chi connectivity index (χ0) is 22.9. The number of carbonyl (C=O) groups excluding carboxylic acids is 2. The minimum absolute atomic E-state index is 0.130. The Labute approximate surface area is 182 Å². The second-order valence-electron chi connectivity index (χ2n) is 6.67. The third-order valence-corrected chi connectivity index (χ3v) is 5.54. The van der Waals surface area contributed by atoms with Gasteiger partial charge in [0.2, 0.25) is 5.91 Å². The van der Waals surface area contributed by atoms with Crippen molar-refractivity contribution in [3.63, 3.8) is 0 Å². The molecule has 2 aromatic carbocycles. The first-order valence-corrected chi connectivity index (χ1v) is 10.0. The maximum absolute atomic E-state index is 12.3. The summed E-state index contributed by atoms with van der Waals surface area (Å²) in [4.78, 5) is 40.7. The fourth-order valence-electron chi connectivity index (χ4n) is 2.97.